The molecular weight excluding hydrogens is 284 g/mol. The summed E-state index contributed by atoms with van der Waals surface area (Å²) in [5.41, 5.74) is 0. The number of nitrogens with zero attached hydrogens (tertiary/aromatic N) is 3. The van der Waals surface area contributed by atoms with Gasteiger partial charge in [-0.3, -0.25) is 0 Å². The summed E-state index contributed by atoms with van der Waals surface area (Å²) in [5.74, 6) is 0.599. The molecule has 1 unspecified atom stereocenters. The zero-order chi connectivity index (χ0) is 16.1. The van der Waals surface area contributed by atoms with Gasteiger partial charge in [-0.15, -0.1) is 0 Å². The minimum Gasteiger partial charge on any atom is -0.480 e. The minimum atomic E-state index is -0.895. The number of carboxylic acids is 1. The maximum absolute atomic E-state index is 11.3. The molecule has 3 N–H and O–H groups in total. The van der Waals surface area contributed by atoms with Crippen LogP contribution < -0.4 is 10.2 Å². The highest BCUT2D eigenvalue weighted by Crippen LogP contribution is 2.23. The van der Waals surface area contributed by atoms with E-state index >= 15 is 0 Å². The Kier molecular flexibility index (Phi) is 5.54. The summed E-state index contributed by atoms with van der Waals surface area (Å²) in [6.45, 7) is 5.54. The van der Waals surface area contributed by atoms with Gasteiger partial charge in [0.2, 0.25) is 0 Å². The van der Waals surface area contributed by atoms with E-state index in [4.69, 9.17) is 0 Å². The first-order valence-corrected chi connectivity index (χ1v) is 7.68. The zero-order valence-electron chi connectivity index (χ0n) is 13.1. The van der Waals surface area contributed by atoms with E-state index in [9.17, 15) is 15.0 Å². The third-order valence-electron chi connectivity index (χ3n) is 3.99. The van der Waals surface area contributed by atoms with Gasteiger partial charge in [0.15, 0.2) is 0 Å². The summed E-state index contributed by atoms with van der Waals surface area (Å²) in [6.07, 6.45) is 3.48. The number of piperidine rings is 1. The number of rotatable bonds is 6. The van der Waals surface area contributed by atoms with Crippen LogP contribution in [0.15, 0.2) is 12.4 Å². The van der Waals surface area contributed by atoms with Crippen LogP contribution in [-0.4, -0.2) is 51.9 Å². The van der Waals surface area contributed by atoms with Crippen molar-refractivity contribution >= 4 is 17.6 Å². The topological polar surface area (TPSA) is 98.6 Å². The van der Waals surface area contributed by atoms with Crippen molar-refractivity contribution in [3.8, 4) is 0 Å². The van der Waals surface area contributed by atoms with Crippen LogP contribution in [0.25, 0.3) is 0 Å². The first-order valence-electron chi connectivity index (χ1n) is 7.68. The molecule has 1 aliphatic rings. The molecule has 122 valence electrons. The van der Waals surface area contributed by atoms with Gasteiger partial charge in [0.1, 0.15) is 24.0 Å². The van der Waals surface area contributed by atoms with E-state index in [-0.39, 0.29) is 18.4 Å². The Morgan fingerprint density at radius 3 is 2.91 bits per heavy atom. The Morgan fingerprint density at radius 1 is 1.50 bits per heavy atom. The predicted molar refractivity (Wildman–Crippen MR) is 83.9 cm³/mol. The van der Waals surface area contributed by atoms with E-state index in [1.54, 1.807) is 6.07 Å². The van der Waals surface area contributed by atoms with E-state index in [1.807, 2.05) is 13.8 Å². The SMILES string of the molecule is CC(C)[C@@H](Nc1cc(N2CCCC(CO)C2)ncn1)C(=O)O. The normalized spacial score (nSPS) is 20.0. The van der Waals surface area contributed by atoms with Gasteiger partial charge in [0, 0.05) is 25.8 Å². The Bertz CT molecular complexity index is 509. The number of aliphatic hydroxyl groups is 1. The fourth-order valence-corrected chi connectivity index (χ4v) is 2.69. The molecular formula is C15H24N4O3. The van der Waals surface area contributed by atoms with Crippen molar-refractivity contribution in [3.05, 3.63) is 12.4 Å². The zero-order valence-corrected chi connectivity index (χ0v) is 13.1. The molecule has 0 aromatic carbocycles. The van der Waals surface area contributed by atoms with Gasteiger partial charge in [-0.25, -0.2) is 14.8 Å². The molecule has 1 fully saturated rings. The molecule has 22 heavy (non-hydrogen) atoms. The van der Waals surface area contributed by atoms with Crippen molar-refractivity contribution in [1.82, 2.24) is 9.97 Å². The molecule has 7 nitrogen and oxygen atoms in total. The van der Waals surface area contributed by atoms with Crippen LogP contribution in [0.5, 0.6) is 0 Å². The minimum absolute atomic E-state index is 0.0512. The molecule has 0 saturated carbocycles. The van der Waals surface area contributed by atoms with Crippen LogP contribution in [-0.2, 0) is 4.79 Å². The summed E-state index contributed by atoms with van der Waals surface area (Å²) in [7, 11) is 0. The van der Waals surface area contributed by atoms with Crippen molar-refractivity contribution in [2.75, 3.05) is 29.9 Å². The lowest BCUT2D eigenvalue weighted by Gasteiger charge is -2.32. The molecule has 2 atom stereocenters. The molecule has 0 bridgehead atoms. The maximum atomic E-state index is 11.3. The highest BCUT2D eigenvalue weighted by atomic mass is 16.4. The van der Waals surface area contributed by atoms with Crippen LogP contribution in [0.2, 0.25) is 0 Å². The van der Waals surface area contributed by atoms with Crippen LogP contribution in [0.4, 0.5) is 11.6 Å². The molecule has 2 rings (SSSR count). The number of aromatic nitrogens is 2. The number of anilines is 2. The third-order valence-corrected chi connectivity index (χ3v) is 3.99. The standard InChI is InChI=1S/C15H24N4O3/c1-10(2)14(15(21)22)18-12-6-13(17-9-16-12)19-5-3-4-11(7-19)8-20/h6,9-11,14,20H,3-5,7-8H2,1-2H3,(H,21,22)(H,16,17,18)/t11?,14-/m1/s1. The average Bonchev–Trinajstić information content (AvgIpc) is 2.52. The Labute approximate surface area is 130 Å². The number of hydrogen-bond donors (Lipinski definition) is 3. The second-order valence-corrected chi connectivity index (χ2v) is 6.10. The molecule has 7 heteroatoms. The maximum Gasteiger partial charge on any atom is 0.326 e. The molecule has 1 aromatic rings. The predicted octanol–water partition coefficient (Wildman–Crippen LogP) is 1.21. The Balaban J connectivity index is 2.11. The number of carbonyl (C=O) groups is 1. The summed E-state index contributed by atoms with van der Waals surface area (Å²) in [5, 5.41) is 21.5. The van der Waals surface area contributed by atoms with Crippen molar-refractivity contribution in [2.45, 2.75) is 32.7 Å². The largest absolute Gasteiger partial charge is 0.480 e. The Hall–Kier alpha value is -1.89. The average molecular weight is 308 g/mol. The molecule has 0 spiro atoms. The molecule has 0 amide bonds. The lowest BCUT2D eigenvalue weighted by Crippen LogP contribution is -2.37. The van der Waals surface area contributed by atoms with Crippen molar-refractivity contribution in [1.29, 1.82) is 0 Å². The summed E-state index contributed by atoms with van der Waals surface area (Å²) in [6, 6.07) is 1.09. The van der Waals surface area contributed by atoms with Crippen LogP contribution in [0, 0.1) is 11.8 Å². The lowest BCUT2D eigenvalue weighted by atomic mass is 9.99. The van der Waals surface area contributed by atoms with Crippen molar-refractivity contribution in [3.63, 3.8) is 0 Å². The van der Waals surface area contributed by atoms with Gasteiger partial charge in [0.25, 0.3) is 0 Å². The number of hydrogen-bond acceptors (Lipinski definition) is 6. The number of carboxylic acid groups (broad SMARTS) is 1. The smallest absolute Gasteiger partial charge is 0.326 e. The quantitative estimate of drug-likeness (QED) is 0.726. The van der Waals surface area contributed by atoms with Crippen molar-refractivity contribution in [2.24, 2.45) is 11.8 Å². The van der Waals surface area contributed by atoms with Crippen LogP contribution in [0.1, 0.15) is 26.7 Å². The van der Waals surface area contributed by atoms with Crippen molar-refractivity contribution < 1.29 is 15.0 Å². The molecule has 2 heterocycles. The van der Waals surface area contributed by atoms with E-state index < -0.39 is 12.0 Å². The second-order valence-electron chi connectivity index (χ2n) is 6.10. The summed E-state index contributed by atoms with van der Waals surface area (Å²) < 4.78 is 0. The van der Waals surface area contributed by atoms with Crippen LogP contribution in [0.3, 0.4) is 0 Å². The van der Waals surface area contributed by atoms with Gasteiger partial charge < -0.3 is 20.4 Å². The first-order chi connectivity index (χ1) is 10.5. The van der Waals surface area contributed by atoms with Gasteiger partial charge >= 0.3 is 5.97 Å². The lowest BCUT2D eigenvalue weighted by molar-refractivity contribution is -0.138. The van der Waals surface area contributed by atoms with Gasteiger partial charge in [-0.1, -0.05) is 13.8 Å². The Morgan fingerprint density at radius 2 is 2.27 bits per heavy atom. The second kappa shape index (κ2) is 7.40. The number of aliphatic hydroxyl groups excluding tert-OH is 1. The molecule has 1 aliphatic heterocycles. The number of aliphatic carboxylic acids is 1. The molecule has 0 radical (unpaired) electrons. The fourth-order valence-electron chi connectivity index (χ4n) is 2.69. The number of nitrogens with one attached hydrogen (secondary N) is 1. The van der Waals surface area contributed by atoms with E-state index in [0.29, 0.717) is 5.82 Å². The first kappa shape index (κ1) is 16.5. The molecule has 0 aliphatic carbocycles. The van der Waals surface area contributed by atoms with E-state index in [0.717, 1.165) is 31.7 Å². The van der Waals surface area contributed by atoms with E-state index in [2.05, 4.69) is 20.2 Å². The monoisotopic (exact) mass is 308 g/mol. The summed E-state index contributed by atoms with van der Waals surface area (Å²) in [4.78, 5) is 21.8. The summed E-state index contributed by atoms with van der Waals surface area (Å²) >= 11 is 0. The highest BCUT2D eigenvalue weighted by molar-refractivity contribution is 5.77. The van der Waals surface area contributed by atoms with Gasteiger partial charge in [-0.05, 0) is 24.7 Å². The fraction of sp³-hybridized carbons (Fsp3) is 0.667. The van der Waals surface area contributed by atoms with Crippen LogP contribution >= 0.6 is 0 Å². The third kappa shape index (κ3) is 4.07. The molecule has 1 aromatic heterocycles. The van der Waals surface area contributed by atoms with Gasteiger partial charge in [0.05, 0.1) is 0 Å². The molecule has 1 saturated heterocycles. The van der Waals surface area contributed by atoms with Gasteiger partial charge in [-0.2, -0.15) is 0 Å². The van der Waals surface area contributed by atoms with E-state index in [1.165, 1.54) is 6.33 Å². The highest BCUT2D eigenvalue weighted by Gasteiger charge is 2.23.